The van der Waals surface area contributed by atoms with Crippen molar-refractivity contribution in [3.8, 4) is 5.75 Å². The van der Waals surface area contributed by atoms with Gasteiger partial charge in [0.2, 0.25) is 0 Å². The Labute approximate surface area is 136 Å². The van der Waals surface area contributed by atoms with E-state index in [9.17, 15) is 9.90 Å². The molecular weight excluding hydrogens is 292 g/mol. The molecule has 0 aliphatic heterocycles. The second-order valence-corrected chi connectivity index (χ2v) is 5.37. The third-order valence-corrected chi connectivity index (χ3v) is 3.87. The van der Waals surface area contributed by atoms with Crippen molar-refractivity contribution in [2.24, 2.45) is 0 Å². The molecule has 0 aliphatic carbocycles. The number of nitrogens with zero attached hydrogens (tertiary/aromatic N) is 1. The summed E-state index contributed by atoms with van der Waals surface area (Å²) in [5, 5.41) is 13.2. The average Bonchev–Trinajstić information content (AvgIpc) is 2.61. The summed E-state index contributed by atoms with van der Waals surface area (Å²) in [5.74, 6) is 0.726. The molecule has 2 N–H and O–H groups in total. The van der Waals surface area contributed by atoms with E-state index < -0.39 is 6.10 Å². The maximum Gasteiger partial charge on any atom is 0.321 e. The van der Waals surface area contributed by atoms with Crippen molar-refractivity contribution in [3.63, 3.8) is 0 Å². The summed E-state index contributed by atoms with van der Waals surface area (Å²) >= 11 is 0. The molecule has 2 aromatic carbocycles. The Balaban J connectivity index is 2.00. The molecule has 23 heavy (non-hydrogen) atoms. The highest BCUT2D eigenvalue weighted by Crippen LogP contribution is 2.21. The van der Waals surface area contributed by atoms with Crippen LogP contribution in [0.5, 0.6) is 5.75 Å². The van der Waals surface area contributed by atoms with E-state index >= 15 is 0 Å². The molecular formula is C18H22N2O3. The van der Waals surface area contributed by atoms with E-state index in [1.807, 2.05) is 37.3 Å². The van der Waals surface area contributed by atoms with Crippen LogP contribution in [-0.2, 0) is 0 Å². The van der Waals surface area contributed by atoms with Gasteiger partial charge in [-0.25, -0.2) is 4.79 Å². The Morgan fingerprint density at radius 2 is 1.74 bits per heavy atom. The minimum Gasteiger partial charge on any atom is -0.497 e. The van der Waals surface area contributed by atoms with Gasteiger partial charge in [-0.3, -0.25) is 0 Å². The number of likely N-dealkylation sites (N-methyl/N-ethyl adjacent to an activating group) is 1. The van der Waals surface area contributed by atoms with E-state index in [-0.39, 0.29) is 12.1 Å². The lowest BCUT2D eigenvalue weighted by molar-refractivity contribution is 0.0894. The van der Waals surface area contributed by atoms with Gasteiger partial charge >= 0.3 is 6.03 Å². The molecule has 0 saturated heterocycles. The second kappa shape index (κ2) is 7.65. The number of benzene rings is 2. The monoisotopic (exact) mass is 314 g/mol. The summed E-state index contributed by atoms with van der Waals surface area (Å²) in [6.45, 7) is 1.81. The van der Waals surface area contributed by atoms with Crippen LogP contribution in [0.1, 0.15) is 18.6 Å². The second-order valence-electron chi connectivity index (χ2n) is 5.37. The van der Waals surface area contributed by atoms with E-state index in [2.05, 4.69) is 5.32 Å². The Bertz CT molecular complexity index is 628. The number of methoxy groups -OCH3 is 1. The number of carbonyl (C=O) groups excluding carboxylic acids is 1. The lowest BCUT2D eigenvalue weighted by atomic mass is 10.0. The zero-order chi connectivity index (χ0) is 16.8. The zero-order valence-corrected chi connectivity index (χ0v) is 13.6. The van der Waals surface area contributed by atoms with E-state index in [0.717, 1.165) is 11.3 Å². The fraction of sp³-hybridized carbons (Fsp3) is 0.278. The van der Waals surface area contributed by atoms with Crippen LogP contribution in [0.15, 0.2) is 54.6 Å². The number of aliphatic hydroxyl groups excluding tert-OH is 1. The molecule has 0 heterocycles. The summed E-state index contributed by atoms with van der Waals surface area (Å²) in [4.78, 5) is 13.8. The zero-order valence-electron chi connectivity index (χ0n) is 13.6. The Kier molecular flexibility index (Phi) is 5.60. The van der Waals surface area contributed by atoms with Crippen molar-refractivity contribution >= 4 is 11.7 Å². The number of aliphatic hydroxyl groups is 1. The number of hydrogen-bond acceptors (Lipinski definition) is 3. The molecule has 122 valence electrons. The van der Waals surface area contributed by atoms with Crippen molar-refractivity contribution in [2.75, 3.05) is 19.5 Å². The first kappa shape index (κ1) is 16.8. The van der Waals surface area contributed by atoms with Gasteiger partial charge in [0.05, 0.1) is 19.3 Å². The highest BCUT2D eigenvalue weighted by molar-refractivity contribution is 5.89. The number of nitrogens with one attached hydrogen (secondary N) is 1. The van der Waals surface area contributed by atoms with Crippen LogP contribution in [0.25, 0.3) is 0 Å². The topological polar surface area (TPSA) is 61.8 Å². The molecule has 0 radical (unpaired) electrons. The van der Waals surface area contributed by atoms with Crippen LogP contribution in [0.2, 0.25) is 0 Å². The first-order chi connectivity index (χ1) is 11.0. The van der Waals surface area contributed by atoms with E-state index in [1.54, 1.807) is 38.4 Å². The molecule has 2 aromatic rings. The number of hydrogen-bond donors (Lipinski definition) is 2. The van der Waals surface area contributed by atoms with Gasteiger partial charge in [-0.05, 0) is 36.8 Å². The van der Waals surface area contributed by atoms with Crippen LogP contribution in [0, 0.1) is 0 Å². The molecule has 2 rings (SSSR count). The largest absolute Gasteiger partial charge is 0.497 e. The number of amides is 2. The van der Waals surface area contributed by atoms with Gasteiger partial charge in [-0.15, -0.1) is 0 Å². The van der Waals surface area contributed by atoms with Gasteiger partial charge in [0.15, 0.2) is 0 Å². The van der Waals surface area contributed by atoms with Gasteiger partial charge in [0, 0.05) is 12.7 Å². The molecule has 0 bridgehead atoms. The van der Waals surface area contributed by atoms with E-state index in [1.165, 1.54) is 4.90 Å². The molecule has 0 fully saturated rings. The fourth-order valence-electron chi connectivity index (χ4n) is 2.21. The van der Waals surface area contributed by atoms with Crippen LogP contribution in [0.3, 0.4) is 0 Å². The highest BCUT2D eigenvalue weighted by atomic mass is 16.5. The van der Waals surface area contributed by atoms with Crippen molar-refractivity contribution in [1.29, 1.82) is 0 Å². The van der Waals surface area contributed by atoms with Crippen LogP contribution in [0.4, 0.5) is 10.5 Å². The summed E-state index contributed by atoms with van der Waals surface area (Å²) in [6.07, 6.45) is -0.747. The molecule has 0 spiro atoms. The fourth-order valence-corrected chi connectivity index (χ4v) is 2.21. The lowest BCUT2D eigenvalue weighted by Gasteiger charge is -2.29. The lowest BCUT2D eigenvalue weighted by Crippen LogP contribution is -2.41. The smallest absolute Gasteiger partial charge is 0.321 e. The highest BCUT2D eigenvalue weighted by Gasteiger charge is 2.24. The number of ether oxygens (including phenoxy) is 1. The van der Waals surface area contributed by atoms with E-state index in [0.29, 0.717) is 5.69 Å². The maximum atomic E-state index is 12.3. The average molecular weight is 314 g/mol. The standard InChI is InChI=1S/C18H22N2O3/c1-13(17(21)14-7-5-4-6-8-14)20(2)18(22)19-15-9-11-16(23-3)12-10-15/h4-13,17,21H,1-3H3,(H,19,22)/t13-,17-/m1/s1. The Morgan fingerprint density at radius 3 is 2.30 bits per heavy atom. The van der Waals surface area contributed by atoms with Gasteiger partial charge in [-0.1, -0.05) is 30.3 Å². The Morgan fingerprint density at radius 1 is 1.13 bits per heavy atom. The SMILES string of the molecule is COc1ccc(NC(=O)N(C)[C@H](C)[C@@H](O)c2ccccc2)cc1. The maximum absolute atomic E-state index is 12.3. The van der Waals surface area contributed by atoms with Gasteiger partial charge in [0.25, 0.3) is 0 Å². The van der Waals surface area contributed by atoms with Crippen LogP contribution >= 0.6 is 0 Å². The third kappa shape index (κ3) is 4.23. The minimum atomic E-state index is -0.747. The first-order valence-corrected chi connectivity index (χ1v) is 7.44. The van der Waals surface area contributed by atoms with Crippen LogP contribution in [-0.4, -0.2) is 36.2 Å². The number of anilines is 1. The summed E-state index contributed by atoms with van der Waals surface area (Å²) in [5.41, 5.74) is 1.45. The van der Waals surface area contributed by atoms with Crippen LogP contribution < -0.4 is 10.1 Å². The summed E-state index contributed by atoms with van der Waals surface area (Å²) in [7, 11) is 3.25. The minimum absolute atomic E-state index is 0.280. The van der Waals surface area contributed by atoms with Crippen molar-refractivity contribution in [3.05, 3.63) is 60.2 Å². The van der Waals surface area contributed by atoms with Crippen molar-refractivity contribution in [2.45, 2.75) is 19.1 Å². The number of rotatable bonds is 5. The third-order valence-electron chi connectivity index (χ3n) is 3.87. The number of carbonyl (C=O) groups is 1. The molecule has 0 aromatic heterocycles. The molecule has 5 nitrogen and oxygen atoms in total. The summed E-state index contributed by atoms with van der Waals surface area (Å²) in [6, 6.07) is 15.7. The molecule has 5 heteroatoms. The molecule has 0 aliphatic rings. The normalized spacial score (nSPS) is 13.0. The Hall–Kier alpha value is -2.53. The summed E-state index contributed by atoms with van der Waals surface area (Å²) < 4.78 is 5.08. The van der Waals surface area contributed by atoms with E-state index in [4.69, 9.17) is 4.74 Å². The van der Waals surface area contributed by atoms with Gasteiger partial charge in [0.1, 0.15) is 5.75 Å². The van der Waals surface area contributed by atoms with Gasteiger partial charge in [-0.2, -0.15) is 0 Å². The molecule has 0 saturated carbocycles. The molecule has 2 amide bonds. The predicted molar refractivity (Wildman–Crippen MR) is 90.6 cm³/mol. The number of urea groups is 1. The molecule has 2 atom stereocenters. The predicted octanol–water partition coefficient (Wildman–Crippen LogP) is 3.28. The first-order valence-electron chi connectivity index (χ1n) is 7.44. The van der Waals surface area contributed by atoms with Gasteiger partial charge < -0.3 is 20.1 Å². The van der Waals surface area contributed by atoms with Crippen molar-refractivity contribution < 1.29 is 14.6 Å². The van der Waals surface area contributed by atoms with Crippen molar-refractivity contribution in [1.82, 2.24) is 4.90 Å². The molecule has 0 unspecified atom stereocenters. The quantitative estimate of drug-likeness (QED) is 0.890.